The predicted octanol–water partition coefficient (Wildman–Crippen LogP) is 3.98. The van der Waals surface area contributed by atoms with Gasteiger partial charge in [0.05, 0.1) is 5.92 Å². The summed E-state index contributed by atoms with van der Waals surface area (Å²) in [6, 6.07) is 9.35. The fourth-order valence-corrected chi connectivity index (χ4v) is 3.92. The summed E-state index contributed by atoms with van der Waals surface area (Å²) in [5, 5.41) is 3.21. The zero-order chi connectivity index (χ0) is 17.8. The van der Waals surface area contributed by atoms with Gasteiger partial charge in [0.1, 0.15) is 0 Å². The van der Waals surface area contributed by atoms with Crippen molar-refractivity contribution in [2.45, 2.75) is 64.8 Å². The van der Waals surface area contributed by atoms with Gasteiger partial charge >= 0.3 is 0 Å². The summed E-state index contributed by atoms with van der Waals surface area (Å²) in [7, 11) is 0. The SMILES string of the molecule is CCc1ccc(C2CC(C(=O)NC(C)CC)CN(CC3CC3)C2)cc1. The number of carbonyl (C=O) groups excluding carboxylic acids is 1. The molecule has 2 aliphatic rings. The van der Waals surface area contributed by atoms with Gasteiger partial charge in [0.15, 0.2) is 0 Å². The lowest BCUT2D eigenvalue weighted by atomic mass is 9.83. The number of hydrogen-bond acceptors (Lipinski definition) is 2. The normalized spacial score (nSPS) is 25.6. The molecule has 0 bridgehead atoms. The van der Waals surface area contributed by atoms with Gasteiger partial charge in [-0.05, 0) is 62.0 Å². The van der Waals surface area contributed by atoms with E-state index in [1.54, 1.807) is 0 Å². The quantitative estimate of drug-likeness (QED) is 0.813. The molecule has 3 atom stereocenters. The molecule has 1 aromatic carbocycles. The Kier molecular flexibility index (Phi) is 6.16. The monoisotopic (exact) mass is 342 g/mol. The Morgan fingerprint density at radius 2 is 1.92 bits per heavy atom. The van der Waals surface area contributed by atoms with Crippen molar-refractivity contribution in [3.8, 4) is 0 Å². The molecule has 3 unspecified atom stereocenters. The van der Waals surface area contributed by atoms with E-state index in [0.717, 1.165) is 38.3 Å². The fourth-order valence-electron chi connectivity index (χ4n) is 3.92. The molecule has 0 spiro atoms. The number of carbonyl (C=O) groups is 1. The van der Waals surface area contributed by atoms with E-state index in [1.165, 1.54) is 30.5 Å². The number of amides is 1. The molecule has 2 fully saturated rings. The molecule has 1 N–H and O–H groups in total. The number of piperidine rings is 1. The van der Waals surface area contributed by atoms with Gasteiger partial charge in [-0.1, -0.05) is 38.1 Å². The van der Waals surface area contributed by atoms with Crippen LogP contribution in [-0.2, 0) is 11.2 Å². The lowest BCUT2D eigenvalue weighted by Gasteiger charge is -2.38. The molecule has 3 heteroatoms. The molecule has 1 saturated heterocycles. The van der Waals surface area contributed by atoms with E-state index >= 15 is 0 Å². The third-order valence-electron chi connectivity index (χ3n) is 5.97. The van der Waals surface area contributed by atoms with Crippen LogP contribution in [0.4, 0.5) is 0 Å². The average Bonchev–Trinajstić information content (AvgIpc) is 3.45. The van der Waals surface area contributed by atoms with E-state index in [9.17, 15) is 4.79 Å². The minimum atomic E-state index is 0.123. The van der Waals surface area contributed by atoms with Crippen molar-refractivity contribution in [2.24, 2.45) is 11.8 Å². The van der Waals surface area contributed by atoms with Crippen LogP contribution in [0.25, 0.3) is 0 Å². The van der Waals surface area contributed by atoms with Crippen molar-refractivity contribution in [1.29, 1.82) is 0 Å². The number of rotatable bonds is 7. The molecule has 1 saturated carbocycles. The van der Waals surface area contributed by atoms with Crippen LogP contribution >= 0.6 is 0 Å². The summed E-state index contributed by atoms with van der Waals surface area (Å²) in [4.78, 5) is 15.3. The maximum absolute atomic E-state index is 12.8. The summed E-state index contributed by atoms with van der Waals surface area (Å²) in [6.45, 7) is 9.64. The molecule has 25 heavy (non-hydrogen) atoms. The first kappa shape index (κ1) is 18.4. The van der Waals surface area contributed by atoms with E-state index in [4.69, 9.17) is 0 Å². The van der Waals surface area contributed by atoms with Crippen LogP contribution < -0.4 is 5.32 Å². The fraction of sp³-hybridized carbons (Fsp3) is 0.682. The van der Waals surface area contributed by atoms with Crippen molar-refractivity contribution in [3.05, 3.63) is 35.4 Å². The first-order valence-electron chi connectivity index (χ1n) is 10.2. The van der Waals surface area contributed by atoms with Gasteiger partial charge in [-0.2, -0.15) is 0 Å². The third kappa shape index (κ3) is 5.07. The molecule has 1 aliphatic heterocycles. The first-order chi connectivity index (χ1) is 12.1. The Morgan fingerprint density at radius 3 is 2.52 bits per heavy atom. The Balaban J connectivity index is 1.70. The number of aryl methyl sites for hydroxylation is 1. The van der Waals surface area contributed by atoms with Crippen molar-refractivity contribution in [3.63, 3.8) is 0 Å². The van der Waals surface area contributed by atoms with Crippen LogP contribution in [0.5, 0.6) is 0 Å². The zero-order valence-electron chi connectivity index (χ0n) is 16.1. The second-order valence-corrected chi connectivity index (χ2v) is 8.20. The predicted molar refractivity (Wildman–Crippen MR) is 104 cm³/mol. The average molecular weight is 343 g/mol. The zero-order valence-corrected chi connectivity index (χ0v) is 16.1. The summed E-state index contributed by atoms with van der Waals surface area (Å²) in [5.74, 6) is 1.73. The van der Waals surface area contributed by atoms with Gasteiger partial charge in [0.2, 0.25) is 5.91 Å². The van der Waals surface area contributed by atoms with Crippen LogP contribution in [0.1, 0.15) is 63.5 Å². The van der Waals surface area contributed by atoms with Gasteiger partial charge in [0, 0.05) is 25.7 Å². The highest BCUT2D eigenvalue weighted by Gasteiger charge is 2.35. The molecule has 3 nitrogen and oxygen atoms in total. The molecule has 1 heterocycles. The molecular formula is C22H34N2O. The summed E-state index contributed by atoms with van der Waals surface area (Å²) < 4.78 is 0. The Morgan fingerprint density at radius 1 is 1.20 bits per heavy atom. The maximum Gasteiger partial charge on any atom is 0.224 e. The van der Waals surface area contributed by atoms with Crippen LogP contribution in [0, 0.1) is 11.8 Å². The molecule has 0 radical (unpaired) electrons. The number of hydrogen-bond donors (Lipinski definition) is 1. The van der Waals surface area contributed by atoms with Crippen LogP contribution in [0.15, 0.2) is 24.3 Å². The second-order valence-electron chi connectivity index (χ2n) is 8.20. The van der Waals surface area contributed by atoms with Crippen molar-refractivity contribution >= 4 is 5.91 Å². The van der Waals surface area contributed by atoms with Gasteiger partial charge < -0.3 is 10.2 Å². The highest BCUT2D eigenvalue weighted by atomic mass is 16.2. The number of likely N-dealkylation sites (tertiary alicyclic amines) is 1. The number of nitrogens with zero attached hydrogens (tertiary/aromatic N) is 1. The Hall–Kier alpha value is -1.35. The molecule has 0 aromatic heterocycles. The highest BCUT2D eigenvalue weighted by molar-refractivity contribution is 5.79. The second kappa shape index (κ2) is 8.35. The van der Waals surface area contributed by atoms with E-state index in [0.29, 0.717) is 5.92 Å². The lowest BCUT2D eigenvalue weighted by molar-refractivity contribution is -0.127. The van der Waals surface area contributed by atoms with Crippen LogP contribution in [0.3, 0.4) is 0 Å². The van der Waals surface area contributed by atoms with E-state index < -0.39 is 0 Å². The first-order valence-corrected chi connectivity index (χ1v) is 10.2. The molecule has 1 aliphatic carbocycles. The van der Waals surface area contributed by atoms with Crippen molar-refractivity contribution in [2.75, 3.05) is 19.6 Å². The topological polar surface area (TPSA) is 32.3 Å². The van der Waals surface area contributed by atoms with Gasteiger partial charge in [-0.3, -0.25) is 4.79 Å². The maximum atomic E-state index is 12.8. The lowest BCUT2D eigenvalue weighted by Crippen LogP contribution is -2.47. The van der Waals surface area contributed by atoms with E-state index in [2.05, 4.69) is 55.3 Å². The van der Waals surface area contributed by atoms with Crippen LogP contribution in [-0.4, -0.2) is 36.5 Å². The number of nitrogens with one attached hydrogen (secondary N) is 1. The van der Waals surface area contributed by atoms with Crippen molar-refractivity contribution in [1.82, 2.24) is 10.2 Å². The van der Waals surface area contributed by atoms with E-state index in [1.807, 2.05) is 0 Å². The molecule has 1 aromatic rings. The smallest absolute Gasteiger partial charge is 0.224 e. The van der Waals surface area contributed by atoms with Crippen molar-refractivity contribution < 1.29 is 4.79 Å². The molecule has 138 valence electrons. The van der Waals surface area contributed by atoms with Gasteiger partial charge in [0.25, 0.3) is 0 Å². The summed E-state index contributed by atoms with van der Waals surface area (Å²) >= 11 is 0. The van der Waals surface area contributed by atoms with E-state index in [-0.39, 0.29) is 17.9 Å². The number of benzene rings is 1. The Bertz CT molecular complexity index is 564. The standard InChI is InChI=1S/C22H34N2O/c1-4-16(3)23-22(25)21-12-20(14-24(15-21)13-18-6-7-18)19-10-8-17(5-2)9-11-19/h8-11,16,18,20-21H,4-7,12-15H2,1-3H3,(H,23,25). The highest BCUT2D eigenvalue weighted by Crippen LogP contribution is 2.35. The third-order valence-corrected chi connectivity index (χ3v) is 5.97. The Labute approximate surface area is 153 Å². The minimum absolute atomic E-state index is 0.123. The van der Waals surface area contributed by atoms with Crippen LogP contribution in [0.2, 0.25) is 0 Å². The molecule has 3 rings (SSSR count). The van der Waals surface area contributed by atoms with Gasteiger partial charge in [-0.15, -0.1) is 0 Å². The summed E-state index contributed by atoms with van der Waals surface area (Å²) in [6.07, 6.45) is 5.80. The molecular weight excluding hydrogens is 308 g/mol. The largest absolute Gasteiger partial charge is 0.353 e. The molecule has 1 amide bonds. The van der Waals surface area contributed by atoms with Gasteiger partial charge in [-0.25, -0.2) is 0 Å². The summed E-state index contributed by atoms with van der Waals surface area (Å²) in [5.41, 5.74) is 2.79. The minimum Gasteiger partial charge on any atom is -0.353 e.